The second kappa shape index (κ2) is 3.46. The molecule has 1 atom stereocenters. The van der Waals surface area contributed by atoms with Gasteiger partial charge >= 0.3 is 0 Å². The van der Waals surface area contributed by atoms with Gasteiger partial charge in [-0.2, -0.15) is 5.10 Å². The Morgan fingerprint density at radius 1 is 1.50 bits per heavy atom. The average Bonchev–Trinajstić information content (AvgIpc) is 2.53. The highest BCUT2D eigenvalue weighted by atomic mass is 35.5. The van der Waals surface area contributed by atoms with Gasteiger partial charge in [-0.25, -0.2) is 0 Å². The fraction of sp³-hybridized carbons (Fsp3) is 0.625. The van der Waals surface area contributed by atoms with Gasteiger partial charge in [0.15, 0.2) is 0 Å². The summed E-state index contributed by atoms with van der Waals surface area (Å²) in [7, 11) is 0. The molecule has 1 saturated heterocycles. The maximum atomic E-state index is 5.94. The van der Waals surface area contributed by atoms with Gasteiger partial charge in [-0.15, -0.1) is 0 Å². The highest BCUT2D eigenvalue weighted by Gasteiger charge is 2.18. The van der Waals surface area contributed by atoms with E-state index in [0.29, 0.717) is 6.04 Å². The molecule has 1 fully saturated rings. The van der Waals surface area contributed by atoms with Crippen LogP contribution in [-0.2, 0) is 0 Å². The fourth-order valence-electron chi connectivity index (χ4n) is 1.62. The van der Waals surface area contributed by atoms with Gasteiger partial charge in [0.05, 0.1) is 23.0 Å². The van der Waals surface area contributed by atoms with Gasteiger partial charge in [-0.3, -0.25) is 5.10 Å². The third-order valence-corrected chi connectivity index (χ3v) is 2.58. The van der Waals surface area contributed by atoms with E-state index in [2.05, 4.69) is 15.5 Å². The van der Waals surface area contributed by atoms with Gasteiger partial charge in [0.2, 0.25) is 0 Å². The minimum absolute atomic E-state index is 0.383. The number of rotatable bonds is 1. The second-order valence-electron chi connectivity index (χ2n) is 3.13. The van der Waals surface area contributed by atoms with Gasteiger partial charge < -0.3 is 5.32 Å². The molecule has 1 unspecified atom stereocenters. The molecule has 1 aliphatic heterocycles. The predicted octanol–water partition coefficient (Wildman–Crippen LogP) is 1.88. The highest BCUT2D eigenvalue weighted by Crippen LogP contribution is 2.26. The number of hydrogen-bond donors (Lipinski definition) is 2. The summed E-state index contributed by atoms with van der Waals surface area (Å²) in [6.45, 7) is 1.08. The zero-order chi connectivity index (χ0) is 8.39. The SMILES string of the molecule is Clc1cn[nH]c1C1CCCCN1. The van der Waals surface area contributed by atoms with E-state index in [9.17, 15) is 0 Å². The first-order valence-corrected chi connectivity index (χ1v) is 4.68. The number of H-pyrrole nitrogens is 1. The molecular formula is C8H12ClN3. The third kappa shape index (κ3) is 1.47. The first-order valence-electron chi connectivity index (χ1n) is 4.30. The molecule has 0 aromatic carbocycles. The van der Waals surface area contributed by atoms with Crippen LogP contribution in [0.4, 0.5) is 0 Å². The predicted molar refractivity (Wildman–Crippen MR) is 48.2 cm³/mol. The van der Waals surface area contributed by atoms with Crippen molar-refractivity contribution in [2.24, 2.45) is 0 Å². The summed E-state index contributed by atoms with van der Waals surface area (Å²) in [5.41, 5.74) is 1.04. The summed E-state index contributed by atoms with van der Waals surface area (Å²) in [5.74, 6) is 0. The van der Waals surface area contributed by atoms with Crippen molar-refractivity contribution in [2.75, 3.05) is 6.54 Å². The van der Waals surface area contributed by atoms with Crippen LogP contribution in [-0.4, -0.2) is 16.7 Å². The van der Waals surface area contributed by atoms with Crippen LogP contribution in [0.15, 0.2) is 6.20 Å². The molecule has 2 N–H and O–H groups in total. The van der Waals surface area contributed by atoms with Gasteiger partial charge in [0.25, 0.3) is 0 Å². The smallest absolute Gasteiger partial charge is 0.0831 e. The van der Waals surface area contributed by atoms with E-state index >= 15 is 0 Å². The van der Waals surface area contributed by atoms with Crippen molar-refractivity contribution >= 4 is 11.6 Å². The van der Waals surface area contributed by atoms with Crippen molar-refractivity contribution < 1.29 is 0 Å². The zero-order valence-electron chi connectivity index (χ0n) is 6.81. The maximum absolute atomic E-state index is 5.94. The molecule has 2 rings (SSSR count). The number of aromatic amines is 1. The van der Waals surface area contributed by atoms with Crippen LogP contribution in [0.5, 0.6) is 0 Å². The summed E-state index contributed by atoms with van der Waals surface area (Å²) < 4.78 is 0. The maximum Gasteiger partial charge on any atom is 0.0831 e. The number of hydrogen-bond acceptors (Lipinski definition) is 2. The quantitative estimate of drug-likeness (QED) is 0.702. The summed E-state index contributed by atoms with van der Waals surface area (Å²) in [6.07, 6.45) is 5.35. The van der Waals surface area contributed by atoms with Crippen molar-refractivity contribution in [1.29, 1.82) is 0 Å². The van der Waals surface area contributed by atoms with Crippen molar-refractivity contribution in [3.05, 3.63) is 16.9 Å². The standard InChI is InChI=1S/C8H12ClN3/c9-6-5-11-12-8(6)7-3-1-2-4-10-7/h5,7,10H,1-4H2,(H,11,12). The van der Waals surface area contributed by atoms with Gasteiger partial charge in [0, 0.05) is 0 Å². The molecule has 12 heavy (non-hydrogen) atoms. The Labute approximate surface area is 76.5 Å². The van der Waals surface area contributed by atoms with Gasteiger partial charge in [0.1, 0.15) is 0 Å². The van der Waals surface area contributed by atoms with Crippen molar-refractivity contribution in [2.45, 2.75) is 25.3 Å². The number of nitrogens with zero attached hydrogens (tertiary/aromatic N) is 1. The summed E-state index contributed by atoms with van der Waals surface area (Å²) in [5, 5.41) is 11.0. The Morgan fingerprint density at radius 2 is 2.42 bits per heavy atom. The molecular weight excluding hydrogens is 174 g/mol. The molecule has 0 spiro atoms. The Kier molecular flexibility index (Phi) is 2.33. The van der Waals surface area contributed by atoms with Crippen LogP contribution in [0, 0.1) is 0 Å². The lowest BCUT2D eigenvalue weighted by molar-refractivity contribution is 0.405. The third-order valence-electron chi connectivity index (χ3n) is 2.28. The monoisotopic (exact) mass is 185 g/mol. The molecule has 0 bridgehead atoms. The van der Waals surface area contributed by atoms with Crippen LogP contribution in [0.25, 0.3) is 0 Å². The summed E-state index contributed by atoms with van der Waals surface area (Å²) in [6, 6.07) is 0.383. The van der Waals surface area contributed by atoms with Crippen molar-refractivity contribution in [1.82, 2.24) is 15.5 Å². The molecule has 4 heteroatoms. The van der Waals surface area contributed by atoms with E-state index in [4.69, 9.17) is 11.6 Å². The van der Waals surface area contributed by atoms with Crippen LogP contribution < -0.4 is 5.32 Å². The van der Waals surface area contributed by atoms with Gasteiger partial charge in [-0.1, -0.05) is 18.0 Å². The molecule has 66 valence electrons. The summed E-state index contributed by atoms with van der Waals surface area (Å²) in [4.78, 5) is 0. The summed E-state index contributed by atoms with van der Waals surface area (Å²) >= 11 is 5.94. The Balaban J connectivity index is 2.13. The Morgan fingerprint density at radius 3 is 3.00 bits per heavy atom. The fourth-order valence-corrected chi connectivity index (χ4v) is 1.85. The second-order valence-corrected chi connectivity index (χ2v) is 3.54. The number of piperidine rings is 1. The van der Waals surface area contributed by atoms with Crippen LogP contribution in [0.1, 0.15) is 31.0 Å². The van der Waals surface area contributed by atoms with E-state index in [1.54, 1.807) is 6.20 Å². The molecule has 2 heterocycles. The molecule has 0 amide bonds. The van der Waals surface area contributed by atoms with Crippen LogP contribution in [0.2, 0.25) is 5.02 Å². The topological polar surface area (TPSA) is 40.7 Å². The largest absolute Gasteiger partial charge is 0.309 e. The van der Waals surface area contributed by atoms with Crippen LogP contribution >= 0.6 is 11.6 Å². The Bertz CT molecular complexity index is 253. The van der Waals surface area contributed by atoms with E-state index in [1.165, 1.54) is 12.8 Å². The lowest BCUT2D eigenvalue weighted by Crippen LogP contribution is -2.27. The van der Waals surface area contributed by atoms with E-state index in [0.717, 1.165) is 23.7 Å². The van der Waals surface area contributed by atoms with E-state index in [1.807, 2.05) is 0 Å². The number of aromatic nitrogens is 2. The molecule has 0 saturated carbocycles. The molecule has 0 radical (unpaired) electrons. The highest BCUT2D eigenvalue weighted by molar-refractivity contribution is 6.31. The first-order chi connectivity index (χ1) is 5.88. The molecule has 3 nitrogen and oxygen atoms in total. The average molecular weight is 186 g/mol. The normalized spacial score (nSPS) is 24.2. The Hall–Kier alpha value is -0.540. The lowest BCUT2D eigenvalue weighted by Gasteiger charge is -2.22. The molecule has 1 aromatic rings. The minimum atomic E-state index is 0.383. The van der Waals surface area contributed by atoms with Crippen molar-refractivity contribution in [3.63, 3.8) is 0 Å². The molecule has 1 aromatic heterocycles. The van der Waals surface area contributed by atoms with Crippen molar-refractivity contribution in [3.8, 4) is 0 Å². The molecule has 0 aliphatic carbocycles. The van der Waals surface area contributed by atoms with E-state index in [-0.39, 0.29) is 0 Å². The van der Waals surface area contributed by atoms with Crippen LogP contribution in [0.3, 0.4) is 0 Å². The zero-order valence-corrected chi connectivity index (χ0v) is 7.56. The molecule has 1 aliphatic rings. The lowest BCUT2D eigenvalue weighted by atomic mass is 10.0. The number of halogens is 1. The number of nitrogens with one attached hydrogen (secondary N) is 2. The van der Waals surface area contributed by atoms with Gasteiger partial charge in [-0.05, 0) is 19.4 Å². The minimum Gasteiger partial charge on any atom is -0.309 e. The first kappa shape index (κ1) is 8.08. The van der Waals surface area contributed by atoms with E-state index < -0.39 is 0 Å².